The third-order valence-electron chi connectivity index (χ3n) is 5.44. The van der Waals surface area contributed by atoms with Crippen molar-refractivity contribution in [2.75, 3.05) is 0 Å². The van der Waals surface area contributed by atoms with Crippen LogP contribution in [-0.2, 0) is 21.2 Å². The first kappa shape index (κ1) is 26.5. The van der Waals surface area contributed by atoms with Crippen molar-refractivity contribution in [1.29, 1.82) is 0 Å². The van der Waals surface area contributed by atoms with Crippen LogP contribution in [0.3, 0.4) is 0 Å². The van der Waals surface area contributed by atoms with Crippen LogP contribution in [0.2, 0.25) is 0 Å². The van der Waals surface area contributed by atoms with E-state index in [2.05, 4.69) is 11.3 Å². The molecule has 0 radical (unpaired) electrons. The first-order valence-electron chi connectivity index (χ1n) is 11.1. The predicted octanol–water partition coefficient (Wildman–Crippen LogP) is 5.69. The fourth-order valence-electron chi connectivity index (χ4n) is 3.57. The molecule has 0 unspecified atom stereocenters. The highest BCUT2D eigenvalue weighted by molar-refractivity contribution is 7.90. The Balaban J connectivity index is 2.84. The molecule has 0 aromatic heterocycles. The monoisotopic (exact) mass is 473 g/mol. The Morgan fingerprint density at radius 1 is 1.12 bits per heavy atom. The molecule has 2 aromatic rings. The highest BCUT2D eigenvalue weighted by Crippen LogP contribution is 2.46. The Bertz CT molecular complexity index is 1170. The van der Waals surface area contributed by atoms with Gasteiger partial charge < -0.3 is 10.2 Å². The van der Waals surface area contributed by atoms with Crippen molar-refractivity contribution >= 4 is 21.5 Å². The smallest absolute Gasteiger partial charge is 0.268 e. The quantitative estimate of drug-likeness (QED) is 0.427. The van der Waals surface area contributed by atoms with Crippen molar-refractivity contribution in [2.24, 2.45) is 5.41 Å². The van der Waals surface area contributed by atoms with E-state index in [4.69, 9.17) is 0 Å². The number of aromatic hydroxyl groups is 2. The number of allylic oxidation sites excluding steroid dienone is 1. The van der Waals surface area contributed by atoms with Gasteiger partial charge in [-0.2, -0.15) is 0 Å². The number of unbranched alkanes of at least 4 members (excludes halogenated alkanes) is 2. The van der Waals surface area contributed by atoms with Crippen molar-refractivity contribution in [3.05, 3.63) is 47.5 Å². The maximum absolute atomic E-state index is 13.4. The number of sulfonamides is 1. The van der Waals surface area contributed by atoms with E-state index in [9.17, 15) is 23.4 Å². The Kier molecular flexibility index (Phi) is 8.01. The summed E-state index contributed by atoms with van der Waals surface area (Å²) in [5.74, 6) is -1.49. The number of carbonyl (C=O) groups is 1. The number of rotatable bonds is 8. The lowest BCUT2D eigenvalue weighted by Gasteiger charge is -2.22. The number of nitrogens with one attached hydrogen (secondary N) is 1. The number of benzene rings is 2. The zero-order chi connectivity index (χ0) is 25.1. The molecule has 0 heterocycles. The number of hydrogen-bond donors (Lipinski definition) is 3. The number of hydrogen-bond acceptors (Lipinski definition) is 5. The Labute approximate surface area is 197 Å². The number of amides is 1. The van der Waals surface area contributed by atoms with Crippen LogP contribution < -0.4 is 4.72 Å². The molecule has 0 saturated heterocycles. The molecule has 0 spiro atoms. The minimum atomic E-state index is -4.41. The summed E-state index contributed by atoms with van der Waals surface area (Å²) < 4.78 is 28.8. The molecule has 2 aromatic carbocycles. The highest BCUT2D eigenvalue weighted by atomic mass is 32.2. The topological polar surface area (TPSA) is 104 Å². The summed E-state index contributed by atoms with van der Waals surface area (Å²) in [5, 5.41) is 22.2. The van der Waals surface area contributed by atoms with E-state index in [-0.39, 0.29) is 21.8 Å². The molecule has 1 amide bonds. The van der Waals surface area contributed by atoms with Gasteiger partial charge in [0.15, 0.2) is 0 Å². The Morgan fingerprint density at radius 2 is 1.76 bits per heavy atom. The van der Waals surface area contributed by atoms with E-state index in [1.807, 2.05) is 26.0 Å². The molecular weight excluding hydrogens is 438 g/mol. The third kappa shape index (κ3) is 5.96. The predicted molar refractivity (Wildman–Crippen MR) is 133 cm³/mol. The molecule has 33 heavy (non-hydrogen) atoms. The molecule has 7 heteroatoms. The maximum atomic E-state index is 13.4. The molecule has 6 nitrogen and oxygen atoms in total. The second-order valence-electron chi connectivity index (χ2n) is 9.58. The number of aryl methyl sites for hydroxylation is 2. The van der Waals surface area contributed by atoms with E-state index in [0.29, 0.717) is 29.5 Å². The summed E-state index contributed by atoms with van der Waals surface area (Å²) in [6.07, 6.45) is 2.78. The third-order valence-corrected chi connectivity index (χ3v) is 6.89. The molecule has 0 aliphatic heterocycles. The van der Waals surface area contributed by atoms with Crippen LogP contribution in [0.15, 0.2) is 35.7 Å². The van der Waals surface area contributed by atoms with Crippen LogP contribution in [0.5, 0.6) is 11.5 Å². The van der Waals surface area contributed by atoms with Crippen molar-refractivity contribution in [3.63, 3.8) is 0 Å². The van der Waals surface area contributed by atoms with E-state index in [1.54, 1.807) is 33.8 Å². The average Bonchev–Trinajstić information content (AvgIpc) is 2.66. The molecule has 0 saturated carbocycles. The van der Waals surface area contributed by atoms with Gasteiger partial charge in [-0.1, -0.05) is 76.5 Å². The van der Waals surface area contributed by atoms with Crippen molar-refractivity contribution in [3.8, 4) is 22.6 Å². The Hall–Kier alpha value is -2.80. The largest absolute Gasteiger partial charge is 0.507 e. The molecule has 0 bridgehead atoms. The van der Waals surface area contributed by atoms with E-state index in [1.165, 1.54) is 6.07 Å². The molecule has 2 rings (SSSR count). The maximum Gasteiger partial charge on any atom is 0.268 e. The first-order valence-corrected chi connectivity index (χ1v) is 12.6. The van der Waals surface area contributed by atoms with Gasteiger partial charge in [0.25, 0.3) is 10.0 Å². The zero-order valence-corrected chi connectivity index (χ0v) is 21.2. The second kappa shape index (κ2) is 10.00. The zero-order valence-electron chi connectivity index (χ0n) is 20.4. The van der Waals surface area contributed by atoms with E-state index >= 15 is 0 Å². The lowest BCUT2D eigenvalue weighted by atomic mass is 9.91. The van der Waals surface area contributed by atoms with Gasteiger partial charge in [0.2, 0.25) is 5.91 Å². The van der Waals surface area contributed by atoms with Gasteiger partial charge in [0, 0.05) is 5.41 Å². The van der Waals surface area contributed by atoms with Crippen LogP contribution in [-0.4, -0.2) is 24.5 Å². The summed E-state index contributed by atoms with van der Waals surface area (Å²) in [6.45, 7) is 14.5. The van der Waals surface area contributed by atoms with E-state index in [0.717, 1.165) is 18.4 Å². The van der Waals surface area contributed by atoms with Gasteiger partial charge in [-0.15, -0.1) is 0 Å². The number of phenols is 2. The molecule has 0 atom stereocenters. The number of carbonyl (C=O) groups excluding carboxylic acids is 1. The minimum absolute atomic E-state index is 0.000441. The fraction of sp³-hybridized carbons (Fsp3) is 0.423. The minimum Gasteiger partial charge on any atom is -0.507 e. The first-order chi connectivity index (χ1) is 15.2. The highest BCUT2D eigenvalue weighted by Gasteiger charge is 2.33. The number of phenolic OH excluding ortho intramolecular Hbond substituents is 2. The van der Waals surface area contributed by atoms with Crippen LogP contribution in [0.1, 0.15) is 70.6 Å². The van der Waals surface area contributed by atoms with Crippen LogP contribution in [0.25, 0.3) is 16.7 Å². The van der Waals surface area contributed by atoms with Crippen LogP contribution in [0, 0.1) is 12.3 Å². The molecule has 3 N–H and O–H groups in total. The Morgan fingerprint density at radius 3 is 2.30 bits per heavy atom. The van der Waals surface area contributed by atoms with Gasteiger partial charge in [-0.05, 0) is 49.4 Å². The molecule has 0 aliphatic rings. The fourth-order valence-corrected chi connectivity index (χ4v) is 5.08. The molecule has 180 valence electrons. The standard InChI is InChI=1S/C26H35NO5S/c1-8-9-10-11-18-15-21(28)22(20-14-17(4)12-13-19(20)16(2)3)23(29)24(18)33(31,32)27-25(30)26(5,6)7/h12-15,28-29H,2,8-11H2,1,3-7H3,(H,27,30). The van der Waals surface area contributed by atoms with E-state index < -0.39 is 27.1 Å². The summed E-state index contributed by atoms with van der Waals surface area (Å²) in [5.41, 5.74) is 2.02. The van der Waals surface area contributed by atoms with Gasteiger partial charge in [0.05, 0.1) is 5.56 Å². The van der Waals surface area contributed by atoms with Gasteiger partial charge in [-0.3, -0.25) is 4.79 Å². The lowest BCUT2D eigenvalue weighted by molar-refractivity contribution is -0.126. The second-order valence-corrected chi connectivity index (χ2v) is 11.2. The van der Waals surface area contributed by atoms with Gasteiger partial charge >= 0.3 is 0 Å². The SMILES string of the molecule is C=C(C)c1ccc(C)cc1-c1c(O)cc(CCCCC)c(S(=O)(=O)NC(=O)C(C)(C)C)c1O. The molecular formula is C26H35NO5S. The molecule has 0 fully saturated rings. The normalized spacial score (nSPS) is 11.9. The summed E-state index contributed by atoms with van der Waals surface area (Å²) in [4.78, 5) is 12.1. The lowest BCUT2D eigenvalue weighted by Crippen LogP contribution is -2.39. The van der Waals surface area contributed by atoms with Gasteiger partial charge in [-0.25, -0.2) is 13.1 Å². The van der Waals surface area contributed by atoms with Gasteiger partial charge in [0.1, 0.15) is 16.4 Å². The average molecular weight is 474 g/mol. The summed E-state index contributed by atoms with van der Waals surface area (Å²) >= 11 is 0. The summed E-state index contributed by atoms with van der Waals surface area (Å²) in [6, 6.07) is 6.84. The molecule has 0 aliphatic carbocycles. The van der Waals surface area contributed by atoms with Crippen LogP contribution in [0.4, 0.5) is 0 Å². The van der Waals surface area contributed by atoms with Crippen molar-refractivity contribution in [2.45, 2.75) is 72.1 Å². The van der Waals surface area contributed by atoms with Crippen LogP contribution >= 0.6 is 0 Å². The van der Waals surface area contributed by atoms with Crippen molar-refractivity contribution in [1.82, 2.24) is 4.72 Å². The summed E-state index contributed by atoms with van der Waals surface area (Å²) in [7, 11) is -4.41. The van der Waals surface area contributed by atoms with Crippen molar-refractivity contribution < 1.29 is 23.4 Å².